The van der Waals surface area contributed by atoms with Crippen LogP contribution in [0.5, 0.6) is 0 Å². The summed E-state index contributed by atoms with van der Waals surface area (Å²) in [4.78, 5) is 13.9. The van der Waals surface area contributed by atoms with Crippen LogP contribution in [0.4, 0.5) is 4.79 Å². The Morgan fingerprint density at radius 1 is 1.45 bits per heavy atom. The summed E-state index contributed by atoms with van der Waals surface area (Å²) in [5.74, 6) is 0. The van der Waals surface area contributed by atoms with E-state index in [-0.39, 0.29) is 18.7 Å². The molecule has 5 nitrogen and oxygen atoms in total. The number of ether oxygens (including phenoxy) is 1. The zero-order valence-corrected chi connectivity index (χ0v) is 13.5. The largest absolute Gasteiger partial charge is 0.444 e. The van der Waals surface area contributed by atoms with Crippen LogP contribution in [0.15, 0.2) is 24.3 Å². The Morgan fingerprint density at radius 3 is 2.82 bits per heavy atom. The van der Waals surface area contributed by atoms with Crippen molar-refractivity contribution >= 4 is 6.09 Å². The fourth-order valence-electron chi connectivity index (χ4n) is 2.77. The molecule has 0 saturated carbocycles. The van der Waals surface area contributed by atoms with Crippen molar-refractivity contribution in [2.45, 2.75) is 58.0 Å². The molecule has 2 atom stereocenters. The van der Waals surface area contributed by atoms with Crippen molar-refractivity contribution < 1.29 is 19.7 Å². The molecule has 0 aromatic heterocycles. The van der Waals surface area contributed by atoms with E-state index in [9.17, 15) is 15.0 Å². The minimum Gasteiger partial charge on any atom is -0.444 e. The molecule has 1 aromatic rings. The lowest BCUT2D eigenvalue weighted by Gasteiger charge is -2.31. The predicted octanol–water partition coefficient (Wildman–Crippen LogP) is 2.61. The number of aliphatic hydroxyl groups excluding tert-OH is 2. The molecular weight excluding hydrogens is 282 g/mol. The Morgan fingerprint density at radius 2 is 2.18 bits per heavy atom. The molecule has 5 heteroatoms. The zero-order chi connectivity index (χ0) is 16.3. The topological polar surface area (TPSA) is 70.0 Å². The van der Waals surface area contributed by atoms with Gasteiger partial charge in [-0.15, -0.1) is 0 Å². The molecule has 1 amide bonds. The van der Waals surface area contributed by atoms with Crippen molar-refractivity contribution in [2.75, 3.05) is 6.54 Å². The van der Waals surface area contributed by atoms with Gasteiger partial charge in [-0.2, -0.15) is 0 Å². The molecular formula is C17H25NO4. The summed E-state index contributed by atoms with van der Waals surface area (Å²) < 4.78 is 5.42. The fraction of sp³-hybridized carbons (Fsp3) is 0.588. The molecule has 2 rings (SSSR count). The van der Waals surface area contributed by atoms with Crippen LogP contribution in [0.2, 0.25) is 0 Å². The first-order valence-electron chi connectivity index (χ1n) is 7.69. The van der Waals surface area contributed by atoms with E-state index in [0.29, 0.717) is 12.1 Å². The monoisotopic (exact) mass is 307 g/mol. The number of hydrogen-bond acceptors (Lipinski definition) is 4. The highest BCUT2D eigenvalue weighted by molar-refractivity contribution is 5.69. The Kier molecular flexibility index (Phi) is 5.08. The van der Waals surface area contributed by atoms with Crippen molar-refractivity contribution in [1.82, 2.24) is 4.90 Å². The molecule has 22 heavy (non-hydrogen) atoms. The zero-order valence-electron chi connectivity index (χ0n) is 13.5. The Labute approximate surface area is 131 Å². The maximum absolute atomic E-state index is 12.3. The van der Waals surface area contributed by atoms with E-state index in [1.807, 2.05) is 26.8 Å². The van der Waals surface area contributed by atoms with E-state index in [1.165, 1.54) is 0 Å². The average Bonchev–Trinajstić information content (AvgIpc) is 2.94. The maximum Gasteiger partial charge on any atom is 0.410 e. The Balaban J connectivity index is 2.13. The van der Waals surface area contributed by atoms with Crippen LogP contribution < -0.4 is 0 Å². The van der Waals surface area contributed by atoms with Crippen molar-refractivity contribution in [3.8, 4) is 0 Å². The lowest BCUT2D eigenvalue weighted by atomic mass is 9.99. The van der Waals surface area contributed by atoms with E-state index in [2.05, 4.69) is 0 Å². The molecule has 1 saturated heterocycles. The number of hydrogen-bond donors (Lipinski definition) is 2. The summed E-state index contributed by atoms with van der Waals surface area (Å²) in [5, 5.41) is 19.8. The molecule has 1 fully saturated rings. The second kappa shape index (κ2) is 6.67. The van der Waals surface area contributed by atoms with Crippen molar-refractivity contribution in [2.24, 2.45) is 0 Å². The second-order valence-corrected chi connectivity index (χ2v) is 6.73. The van der Waals surface area contributed by atoms with Gasteiger partial charge in [0.2, 0.25) is 0 Å². The maximum atomic E-state index is 12.3. The van der Waals surface area contributed by atoms with Gasteiger partial charge in [0.25, 0.3) is 0 Å². The third-order valence-corrected chi connectivity index (χ3v) is 3.77. The van der Waals surface area contributed by atoms with Crippen LogP contribution >= 0.6 is 0 Å². The number of nitrogens with zero attached hydrogens (tertiary/aromatic N) is 1. The van der Waals surface area contributed by atoms with Crippen LogP contribution in [0.1, 0.15) is 50.8 Å². The molecule has 0 aliphatic carbocycles. The highest BCUT2D eigenvalue weighted by Gasteiger charge is 2.36. The second-order valence-electron chi connectivity index (χ2n) is 6.73. The first-order valence-corrected chi connectivity index (χ1v) is 7.69. The molecule has 1 aliphatic heterocycles. The molecule has 0 spiro atoms. The van der Waals surface area contributed by atoms with Crippen LogP contribution in [-0.4, -0.2) is 39.4 Å². The van der Waals surface area contributed by atoms with Gasteiger partial charge in [-0.25, -0.2) is 4.79 Å². The quantitative estimate of drug-likeness (QED) is 0.900. The highest BCUT2D eigenvalue weighted by atomic mass is 16.6. The molecule has 122 valence electrons. The molecule has 0 radical (unpaired) electrons. The smallest absolute Gasteiger partial charge is 0.410 e. The van der Waals surface area contributed by atoms with Crippen LogP contribution in [0, 0.1) is 0 Å². The summed E-state index contributed by atoms with van der Waals surface area (Å²) in [6.45, 7) is 6.02. The van der Waals surface area contributed by atoms with E-state index < -0.39 is 11.7 Å². The van der Waals surface area contributed by atoms with Gasteiger partial charge in [-0.05, 0) is 44.7 Å². The predicted molar refractivity (Wildman–Crippen MR) is 83.3 cm³/mol. The van der Waals surface area contributed by atoms with Crippen LogP contribution in [0.3, 0.4) is 0 Å². The van der Waals surface area contributed by atoms with Gasteiger partial charge in [0.1, 0.15) is 5.60 Å². The molecule has 2 N–H and O–H groups in total. The van der Waals surface area contributed by atoms with Gasteiger partial charge in [-0.1, -0.05) is 24.3 Å². The van der Waals surface area contributed by atoms with E-state index in [1.54, 1.807) is 23.1 Å². The molecule has 0 bridgehead atoms. The highest BCUT2D eigenvalue weighted by Crippen LogP contribution is 2.31. The van der Waals surface area contributed by atoms with Crippen molar-refractivity contribution in [3.05, 3.63) is 35.4 Å². The summed E-state index contributed by atoms with van der Waals surface area (Å²) in [6, 6.07) is 6.91. The van der Waals surface area contributed by atoms with Gasteiger partial charge >= 0.3 is 6.09 Å². The van der Waals surface area contributed by atoms with E-state index in [0.717, 1.165) is 18.4 Å². The number of benzene rings is 1. The van der Waals surface area contributed by atoms with Crippen LogP contribution in [-0.2, 0) is 11.3 Å². The third kappa shape index (κ3) is 3.99. The number of carbonyl (C=O) groups excluding carboxylic acids is 1. The van der Waals surface area contributed by atoms with Gasteiger partial charge in [-0.3, -0.25) is 0 Å². The SMILES string of the molecule is CC(C)(C)OC(=O)N1CCCC1C(O)c1cccc(CO)c1. The van der Waals surface area contributed by atoms with Gasteiger partial charge in [0.05, 0.1) is 18.8 Å². The molecule has 2 unspecified atom stereocenters. The molecule has 1 heterocycles. The Hall–Kier alpha value is -1.59. The van der Waals surface area contributed by atoms with Gasteiger partial charge < -0.3 is 19.8 Å². The normalized spacial score (nSPS) is 20.0. The summed E-state index contributed by atoms with van der Waals surface area (Å²) in [5.41, 5.74) is 0.914. The minimum absolute atomic E-state index is 0.0684. The van der Waals surface area contributed by atoms with Crippen molar-refractivity contribution in [3.63, 3.8) is 0 Å². The summed E-state index contributed by atoms with van der Waals surface area (Å²) in [7, 11) is 0. The minimum atomic E-state index is -0.776. The van der Waals surface area contributed by atoms with Gasteiger partial charge in [0.15, 0.2) is 0 Å². The van der Waals surface area contributed by atoms with E-state index >= 15 is 0 Å². The molecule has 1 aliphatic rings. The molecule has 1 aromatic carbocycles. The number of amides is 1. The number of likely N-dealkylation sites (tertiary alicyclic amines) is 1. The first kappa shape index (κ1) is 16.8. The third-order valence-electron chi connectivity index (χ3n) is 3.77. The van der Waals surface area contributed by atoms with Crippen molar-refractivity contribution in [1.29, 1.82) is 0 Å². The van der Waals surface area contributed by atoms with E-state index in [4.69, 9.17) is 4.74 Å². The standard InChI is InChI=1S/C17H25NO4/c1-17(2,3)22-16(21)18-9-5-8-14(18)15(20)13-7-4-6-12(10-13)11-19/h4,6-7,10,14-15,19-20H,5,8-9,11H2,1-3H3. The number of rotatable bonds is 3. The fourth-order valence-corrected chi connectivity index (χ4v) is 2.77. The average molecular weight is 307 g/mol. The first-order chi connectivity index (χ1) is 10.3. The summed E-state index contributed by atoms with van der Waals surface area (Å²) in [6.07, 6.45) is 0.429. The van der Waals surface area contributed by atoms with Crippen LogP contribution in [0.25, 0.3) is 0 Å². The number of aliphatic hydroxyl groups is 2. The lowest BCUT2D eigenvalue weighted by molar-refractivity contribution is 0.00488. The van der Waals surface area contributed by atoms with Gasteiger partial charge in [0, 0.05) is 6.54 Å². The Bertz CT molecular complexity index is 524. The summed E-state index contributed by atoms with van der Waals surface area (Å²) >= 11 is 0. The lowest BCUT2D eigenvalue weighted by Crippen LogP contribution is -2.42. The number of carbonyl (C=O) groups is 1.